The lowest BCUT2D eigenvalue weighted by atomic mass is 9.86. The summed E-state index contributed by atoms with van der Waals surface area (Å²) >= 11 is 0. The number of rotatable bonds is 5. The van der Waals surface area contributed by atoms with E-state index < -0.39 is 6.04 Å². The zero-order chi connectivity index (χ0) is 12.1. The quantitative estimate of drug-likeness (QED) is 0.700. The molecule has 1 amide bonds. The first-order valence-electron chi connectivity index (χ1n) is 5.10. The van der Waals surface area contributed by atoms with E-state index in [4.69, 9.17) is 5.73 Å². The highest BCUT2D eigenvalue weighted by atomic mass is 16.2. The molecule has 2 N–H and O–H groups in total. The average Bonchev–Trinajstić information content (AvgIpc) is 2.14. The molecule has 0 radical (unpaired) electrons. The van der Waals surface area contributed by atoms with Gasteiger partial charge in [-0.05, 0) is 5.41 Å². The van der Waals surface area contributed by atoms with Crippen molar-refractivity contribution < 1.29 is 4.79 Å². The zero-order valence-corrected chi connectivity index (χ0v) is 9.99. The molecule has 0 spiro atoms. The highest BCUT2D eigenvalue weighted by Crippen LogP contribution is 2.19. The fraction of sp³-hybridized carbons (Fsp3) is 0.583. The molecule has 0 saturated carbocycles. The first-order valence-corrected chi connectivity index (χ1v) is 5.10. The SMILES string of the molecule is C=CCN(CC=C)C(=O)C(N)C(C)(C)C. The third-order valence-corrected chi connectivity index (χ3v) is 2.21. The lowest BCUT2D eigenvalue weighted by Crippen LogP contribution is -2.50. The average molecular weight is 210 g/mol. The Kier molecular flexibility index (Phi) is 5.29. The van der Waals surface area contributed by atoms with E-state index in [1.807, 2.05) is 20.8 Å². The molecule has 86 valence electrons. The predicted molar refractivity (Wildman–Crippen MR) is 64.4 cm³/mol. The maximum absolute atomic E-state index is 12.0. The van der Waals surface area contributed by atoms with Crippen molar-refractivity contribution in [3.05, 3.63) is 25.3 Å². The van der Waals surface area contributed by atoms with E-state index in [-0.39, 0.29) is 11.3 Å². The molecule has 0 aromatic heterocycles. The second-order valence-electron chi connectivity index (χ2n) is 4.66. The van der Waals surface area contributed by atoms with E-state index in [1.54, 1.807) is 17.1 Å². The first-order chi connectivity index (χ1) is 6.84. The number of hydrogen-bond donors (Lipinski definition) is 1. The molecule has 0 aliphatic carbocycles. The van der Waals surface area contributed by atoms with Crippen LogP contribution in [0, 0.1) is 5.41 Å². The second kappa shape index (κ2) is 5.71. The lowest BCUT2D eigenvalue weighted by Gasteiger charge is -2.31. The van der Waals surface area contributed by atoms with Gasteiger partial charge in [0, 0.05) is 13.1 Å². The third kappa shape index (κ3) is 4.30. The Labute approximate surface area is 92.6 Å². The maximum atomic E-state index is 12.0. The molecule has 1 unspecified atom stereocenters. The van der Waals surface area contributed by atoms with E-state index in [0.29, 0.717) is 13.1 Å². The van der Waals surface area contributed by atoms with Crippen LogP contribution < -0.4 is 5.73 Å². The molecule has 0 heterocycles. The van der Waals surface area contributed by atoms with Crippen LogP contribution in [-0.4, -0.2) is 29.9 Å². The highest BCUT2D eigenvalue weighted by Gasteiger charge is 2.30. The Bertz CT molecular complexity index is 230. The Morgan fingerprint density at radius 3 is 2.00 bits per heavy atom. The van der Waals surface area contributed by atoms with Crippen molar-refractivity contribution in [2.75, 3.05) is 13.1 Å². The van der Waals surface area contributed by atoms with E-state index in [2.05, 4.69) is 13.2 Å². The van der Waals surface area contributed by atoms with Gasteiger partial charge in [-0.15, -0.1) is 13.2 Å². The lowest BCUT2D eigenvalue weighted by molar-refractivity contribution is -0.133. The summed E-state index contributed by atoms with van der Waals surface area (Å²) in [6.45, 7) is 14.1. The maximum Gasteiger partial charge on any atom is 0.240 e. The molecule has 1 atom stereocenters. The minimum absolute atomic E-state index is 0.0534. The van der Waals surface area contributed by atoms with Crippen LogP contribution in [-0.2, 0) is 4.79 Å². The molecule has 0 saturated heterocycles. The molecule has 0 aromatic carbocycles. The number of carbonyl (C=O) groups excluding carboxylic acids is 1. The van der Waals surface area contributed by atoms with Gasteiger partial charge in [0.1, 0.15) is 0 Å². The molecule has 3 nitrogen and oxygen atoms in total. The topological polar surface area (TPSA) is 46.3 Å². The predicted octanol–water partition coefficient (Wildman–Crippen LogP) is 1.56. The van der Waals surface area contributed by atoms with Gasteiger partial charge in [-0.3, -0.25) is 4.79 Å². The largest absolute Gasteiger partial charge is 0.334 e. The van der Waals surface area contributed by atoms with Gasteiger partial charge in [-0.2, -0.15) is 0 Å². The van der Waals surface area contributed by atoms with Gasteiger partial charge in [0.2, 0.25) is 5.91 Å². The molecule has 0 aliphatic heterocycles. The first kappa shape index (κ1) is 13.9. The summed E-state index contributed by atoms with van der Waals surface area (Å²) in [7, 11) is 0. The molecular formula is C12H22N2O. The second-order valence-corrected chi connectivity index (χ2v) is 4.66. The third-order valence-electron chi connectivity index (χ3n) is 2.21. The van der Waals surface area contributed by atoms with Crippen molar-refractivity contribution in [3.63, 3.8) is 0 Å². The normalized spacial score (nSPS) is 13.1. The summed E-state index contributed by atoms with van der Waals surface area (Å²) in [6, 6.07) is -0.489. The standard InChI is InChI=1S/C12H22N2O/c1-6-8-14(9-7-2)11(15)10(13)12(3,4)5/h6-7,10H,1-2,8-9,13H2,3-5H3. The fourth-order valence-corrected chi connectivity index (χ4v) is 1.13. The molecule has 0 aromatic rings. The van der Waals surface area contributed by atoms with Crippen LogP contribution in [0.5, 0.6) is 0 Å². The van der Waals surface area contributed by atoms with Crippen LogP contribution in [0.1, 0.15) is 20.8 Å². The van der Waals surface area contributed by atoms with Gasteiger partial charge in [0.15, 0.2) is 0 Å². The summed E-state index contributed by atoms with van der Waals surface area (Å²) in [5.74, 6) is -0.0534. The summed E-state index contributed by atoms with van der Waals surface area (Å²) in [4.78, 5) is 13.6. The number of nitrogens with two attached hydrogens (primary N) is 1. The van der Waals surface area contributed by atoms with Crippen molar-refractivity contribution in [2.24, 2.45) is 11.1 Å². The number of amides is 1. The number of carbonyl (C=O) groups is 1. The van der Waals surface area contributed by atoms with Crippen molar-refractivity contribution in [2.45, 2.75) is 26.8 Å². The Morgan fingerprint density at radius 1 is 1.33 bits per heavy atom. The minimum Gasteiger partial charge on any atom is -0.334 e. The van der Waals surface area contributed by atoms with Gasteiger partial charge in [0.25, 0.3) is 0 Å². The molecule has 15 heavy (non-hydrogen) atoms. The zero-order valence-electron chi connectivity index (χ0n) is 9.99. The van der Waals surface area contributed by atoms with Gasteiger partial charge < -0.3 is 10.6 Å². The summed E-state index contributed by atoms with van der Waals surface area (Å²) < 4.78 is 0. The van der Waals surface area contributed by atoms with Gasteiger partial charge in [-0.25, -0.2) is 0 Å². The number of hydrogen-bond acceptors (Lipinski definition) is 2. The van der Waals surface area contributed by atoms with E-state index >= 15 is 0 Å². The molecule has 3 heteroatoms. The van der Waals surface area contributed by atoms with Crippen LogP contribution in [0.2, 0.25) is 0 Å². The summed E-state index contributed by atoms with van der Waals surface area (Å²) in [5.41, 5.74) is 5.67. The fourth-order valence-electron chi connectivity index (χ4n) is 1.13. The Morgan fingerprint density at radius 2 is 1.73 bits per heavy atom. The molecule has 0 aliphatic rings. The smallest absolute Gasteiger partial charge is 0.240 e. The van der Waals surface area contributed by atoms with Crippen LogP contribution >= 0.6 is 0 Å². The molecule has 0 rings (SSSR count). The monoisotopic (exact) mass is 210 g/mol. The van der Waals surface area contributed by atoms with Crippen molar-refractivity contribution in [1.82, 2.24) is 4.90 Å². The Balaban J connectivity index is 4.62. The van der Waals surface area contributed by atoms with Crippen molar-refractivity contribution in [3.8, 4) is 0 Å². The van der Waals surface area contributed by atoms with Crippen LogP contribution in [0.4, 0.5) is 0 Å². The van der Waals surface area contributed by atoms with Crippen LogP contribution in [0.15, 0.2) is 25.3 Å². The van der Waals surface area contributed by atoms with Gasteiger partial charge in [0.05, 0.1) is 6.04 Å². The van der Waals surface area contributed by atoms with E-state index in [9.17, 15) is 4.79 Å². The van der Waals surface area contributed by atoms with E-state index in [0.717, 1.165) is 0 Å². The number of nitrogens with zero attached hydrogens (tertiary/aromatic N) is 1. The van der Waals surface area contributed by atoms with Gasteiger partial charge in [-0.1, -0.05) is 32.9 Å². The highest BCUT2D eigenvalue weighted by molar-refractivity contribution is 5.82. The molecular weight excluding hydrogens is 188 g/mol. The molecule has 0 fully saturated rings. The van der Waals surface area contributed by atoms with Crippen LogP contribution in [0.3, 0.4) is 0 Å². The van der Waals surface area contributed by atoms with Crippen molar-refractivity contribution >= 4 is 5.91 Å². The summed E-state index contributed by atoms with van der Waals surface area (Å²) in [6.07, 6.45) is 3.38. The van der Waals surface area contributed by atoms with Crippen molar-refractivity contribution in [1.29, 1.82) is 0 Å². The summed E-state index contributed by atoms with van der Waals surface area (Å²) in [5, 5.41) is 0. The minimum atomic E-state index is -0.489. The van der Waals surface area contributed by atoms with E-state index in [1.165, 1.54) is 0 Å². The van der Waals surface area contributed by atoms with Gasteiger partial charge >= 0.3 is 0 Å². The Hall–Kier alpha value is -1.09. The van der Waals surface area contributed by atoms with Crippen LogP contribution in [0.25, 0.3) is 0 Å². The molecule has 0 bridgehead atoms.